The molecule has 2 atom stereocenters. The summed E-state index contributed by atoms with van der Waals surface area (Å²) in [4.78, 5) is 0.0904. The maximum atomic E-state index is 13.2. The Labute approximate surface area is 163 Å². The molecule has 0 radical (unpaired) electrons. The Hall–Kier alpha value is -2.71. The van der Waals surface area contributed by atoms with Crippen LogP contribution in [0.1, 0.15) is 23.1 Å². The zero-order valence-electron chi connectivity index (χ0n) is 15.2. The number of sulfonamides is 1. The van der Waals surface area contributed by atoms with Crippen LogP contribution in [0.4, 0.5) is 4.39 Å². The van der Waals surface area contributed by atoms with Gasteiger partial charge in [0.15, 0.2) is 0 Å². The van der Waals surface area contributed by atoms with Gasteiger partial charge in [-0.2, -0.15) is 9.40 Å². The molecule has 1 N–H and O–H groups in total. The van der Waals surface area contributed by atoms with Gasteiger partial charge in [-0.15, -0.1) is 0 Å². The van der Waals surface area contributed by atoms with Gasteiger partial charge in [0, 0.05) is 36.8 Å². The van der Waals surface area contributed by atoms with Gasteiger partial charge in [0.05, 0.1) is 12.0 Å². The van der Waals surface area contributed by atoms with Crippen molar-refractivity contribution in [3.63, 3.8) is 0 Å². The first-order valence-electron chi connectivity index (χ1n) is 8.88. The van der Waals surface area contributed by atoms with Crippen molar-refractivity contribution in [1.82, 2.24) is 14.5 Å². The number of aromatic amines is 1. The Morgan fingerprint density at radius 1 is 1.04 bits per heavy atom. The van der Waals surface area contributed by atoms with Gasteiger partial charge in [-0.3, -0.25) is 5.10 Å². The zero-order chi connectivity index (χ0) is 19.7. The average Bonchev–Trinajstić information content (AvgIpc) is 3.38. The number of nitrogens with zero attached hydrogens (tertiary/aromatic N) is 2. The van der Waals surface area contributed by atoms with Crippen LogP contribution in [0.5, 0.6) is 5.75 Å². The molecule has 1 aliphatic heterocycles. The minimum atomic E-state index is -3.73. The molecule has 4 rings (SSSR count). The van der Waals surface area contributed by atoms with Gasteiger partial charge in [-0.05, 0) is 48.0 Å². The molecule has 1 aliphatic rings. The molecule has 0 aliphatic carbocycles. The number of halogens is 1. The van der Waals surface area contributed by atoms with Crippen LogP contribution < -0.4 is 4.74 Å². The lowest BCUT2D eigenvalue weighted by molar-refractivity contribution is 0.414. The van der Waals surface area contributed by atoms with Gasteiger partial charge in [-0.25, -0.2) is 12.8 Å². The minimum Gasteiger partial charge on any atom is -0.497 e. The number of hydrogen-bond donors (Lipinski definition) is 1. The summed E-state index contributed by atoms with van der Waals surface area (Å²) < 4.78 is 46.1. The summed E-state index contributed by atoms with van der Waals surface area (Å²) in [6.45, 7) is 0.647. The Balaban J connectivity index is 1.68. The summed E-state index contributed by atoms with van der Waals surface area (Å²) in [6.07, 6.45) is 1.66. The fourth-order valence-corrected chi connectivity index (χ4v) is 5.19. The van der Waals surface area contributed by atoms with E-state index in [-0.39, 0.29) is 16.7 Å². The molecule has 0 saturated carbocycles. The third-order valence-electron chi connectivity index (χ3n) is 5.20. The van der Waals surface area contributed by atoms with Crippen LogP contribution in [0.25, 0.3) is 0 Å². The van der Waals surface area contributed by atoms with E-state index in [1.165, 1.54) is 16.4 Å². The van der Waals surface area contributed by atoms with Crippen molar-refractivity contribution in [2.75, 3.05) is 20.2 Å². The predicted octanol–water partition coefficient (Wildman–Crippen LogP) is 3.13. The Bertz CT molecular complexity index is 1040. The summed E-state index contributed by atoms with van der Waals surface area (Å²) in [5, 5.41) is 7.00. The molecule has 0 bridgehead atoms. The van der Waals surface area contributed by atoms with Crippen LogP contribution in [0, 0.1) is 5.82 Å². The number of nitrogens with one attached hydrogen (secondary N) is 1. The summed E-state index contributed by atoms with van der Waals surface area (Å²) in [6, 6.07) is 14.5. The number of rotatable bonds is 5. The van der Waals surface area contributed by atoms with E-state index in [9.17, 15) is 12.8 Å². The third-order valence-corrected chi connectivity index (χ3v) is 7.05. The van der Waals surface area contributed by atoms with Crippen LogP contribution >= 0.6 is 0 Å². The topological polar surface area (TPSA) is 75.3 Å². The molecule has 28 heavy (non-hydrogen) atoms. The highest BCUT2D eigenvalue weighted by Gasteiger charge is 2.41. The monoisotopic (exact) mass is 401 g/mol. The lowest BCUT2D eigenvalue weighted by Crippen LogP contribution is -2.29. The first kappa shape index (κ1) is 18.6. The first-order valence-corrected chi connectivity index (χ1v) is 10.3. The molecule has 0 spiro atoms. The van der Waals surface area contributed by atoms with E-state index < -0.39 is 15.8 Å². The minimum absolute atomic E-state index is 0.0402. The van der Waals surface area contributed by atoms with Crippen molar-refractivity contribution >= 4 is 10.0 Å². The molecule has 3 aromatic rings. The standard InChI is InChI=1S/C20H20FN3O3S/c1-27-16-6-2-14(3-7-16)18-12-24(13-19(18)20-10-11-22-23-20)28(25,26)17-8-4-15(21)5-9-17/h2-11,18-19H,12-13H2,1H3,(H,22,23)/t18-,19+/m0/s1. The lowest BCUT2D eigenvalue weighted by Gasteiger charge is -2.17. The van der Waals surface area contributed by atoms with Crippen molar-refractivity contribution in [3.05, 3.63) is 77.9 Å². The van der Waals surface area contributed by atoms with E-state index in [0.717, 1.165) is 29.1 Å². The predicted molar refractivity (Wildman–Crippen MR) is 102 cm³/mol. The maximum absolute atomic E-state index is 13.2. The summed E-state index contributed by atoms with van der Waals surface area (Å²) >= 11 is 0. The van der Waals surface area contributed by atoms with Crippen molar-refractivity contribution in [2.24, 2.45) is 0 Å². The van der Waals surface area contributed by atoms with Gasteiger partial charge in [0.2, 0.25) is 10.0 Å². The van der Waals surface area contributed by atoms with E-state index in [1.54, 1.807) is 13.3 Å². The van der Waals surface area contributed by atoms with Crippen LogP contribution in [0.15, 0.2) is 65.7 Å². The summed E-state index contributed by atoms with van der Waals surface area (Å²) in [5.41, 5.74) is 1.91. The Morgan fingerprint density at radius 3 is 2.32 bits per heavy atom. The van der Waals surface area contributed by atoms with Gasteiger partial charge < -0.3 is 4.74 Å². The van der Waals surface area contributed by atoms with E-state index in [2.05, 4.69) is 10.2 Å². The third kappa shape index (κ3) is 3.41. The molecule has 6 nitrogen and oxygen atoms in total. The van der Waals surface area contributed by atoms with Crippen LogP contribution in [-0.2, 0) is 10.0 Å². The highest BCUT2D eigenvalue weighted by atomic mass is 32.2. The SMILES string of the molecule is COc1ccc([C@@H]2CN(S(=O)(=O)c3ccc(F)cc3)C[C@H]2c2ccn[nH]2)cc1. The van der Waals surface area contributed by atoms with Gasteiger partial charge in [-0.1, -0.05) is 12.1 Å². The van der Waals surface area contributed by atoms with E-state index in [0.29, 0.717) is 13.1 Å². The van der Waals surface area contributed by atoms with E-state index >= 15 is 0 Å². The van der Waals surface area contributed by atoms with E-state index in [4.69, 9.17) is 4.74 Å². The molecule has 2 aromatic carbocycles. The number of H-pyrrole nitrogens is 1. The molecular weight excluding hydrogens is 381 g/mol. The van der Waals surface area contributed by atoms with Crippen LogP contribution in [0.2, 0.25) is 0 Å². The molecule has 1 fully saturated rings. The van der Waals surface area contributed by atoms with Gasteiger partial charge in [0.25, 0.3) is 0 Å². The molecule has 0 amide bonds. The number of hydrogen-bond acceptors (Lipinski definition) is 4. The quantitative estimate of drug-likeness (QED) is 0.713. The van der Waals surface area contributed by atoms with Gasteiger partial charge in [0.1, 0.15) is 11.6 Å². The molecule has 1 aromatic heterocycles. The largest absolute Gasteiger partial charge is 0.497 e. The number of aromatic nitrogens is 2. The second-order valence-electron chi connectivity index (χ2n) is 6.77. The average molecular weight is 401 g/mol. The lowest BCUT2D eigenvalue weighted by atomic mass is 9.87. The van der Waals surface area contributed by atoms with Gasteiger partial charge >= 0.3 is 0 Å². The second-order valence-corrected chi connectivity index (χ2v) is 8.71. The van der Waals surface area contributed by atoms with E-state index in [1.807, 2.05) is 30.3 Å². The van der Waals surface area contributed by atoms with Crippen molar-refractivity contribution in [3.8, 4) is 5.75 Å². The highest BCUT2D eigenvalue weighted by molar-refractivity contribution is 7.89. The number of methoxy groups -OCH3 is 1. The number of benzene rings is 2. The van der Waals surface area contributed by atoms with Crippen molar-refractivity contribution in [2.45, 2.75) is 16.7 Å². The summed E-state index contributed by atoms with van der Waals surface area (Å²) in [7, 11) is -2.12. The Morgan fingerprint density at radius 2 is 1.71 bits per heavy atom. The second kappa shape index (κ2) is 7.37. The Kier molecular flexibility index (Phi) is 4.91. The van der Waals surface area contributed by atoms with Crippen LogP contribution in [0.3, 0.4) is 0 Å². The van der Waals surface area contributed by atoms with Crippen LogP contribution in [-0.4, -0.2) is 43.1 Å². The summed E-state index contributed by atoms with van der Waals surface area (Å²) in [5.74, 6) is 0.176. The number of ether oxygens (including phenoxy) is 1. The maximum Gasteiger partial charge on any atom is 0.243 e. The van der Waals surface area contributed by atoms with Crippen molar-refractivity contribution in [1.29, 1.82) is 0 Å². The zero-order valence-corrected chi connectivity index (χ0v) is 16.1. The highest BCUT2D eigenvalue weighted by Crippen LogP contribution is 2.41. The fraction of sp³-hybridized carbons (Fsp3) is 0.250. The fourth-order valence-electron chi connectivity index (χ4n) is 3.70. The molecular formula is C20H20FN3O3S. The molecule has 146 valence electrons. The molecule has 1 saturated heterocycles. The normalized spacial score (nSPS) is 20.4. The molecule has 2 heterocycles. The van der Waals surface area contributed by atoms with Crippen molar-refractivity contribution < 1.29 is 17.5 Å². The smallest absolute Gasteiger partial charge is 0.243 e. The molecule has 0 unspecified atom stereocenters. The molecule has 8 heteroatoms. The first-order chi connectivity index (χ1) is 13.5.